The van der Waals surface area contributed by atoms with Crippen molar-refractivity contribution in [2.24, 2.45) is 11.3 Å². The highest BCUT2D eigenvalue weighted by atomic mass is 16.5. The highest BCUT2D eigenvalue weighted by molar-refractivity contribution is 5.82. The van der Waals surface area contributed by atoms with Crippen molar-refractivity contribution in [2.45, 2.75) is 33.1 Å². The van der Waals surface area contributed by atoms with Crippen LogP contribution in [-0.2, 0) is 9.53 Å². The van der Waals surface area contributed by atoms with Gasteiger partial charge in [-0.2, -0.15) is 0 Å². The lowest BCUT2D eigenvalue weighted by atomic mass is 9.74. The van der Waals surface area contributed by atoms with Crippen LogP contribution >= 0.6 is 0 Å². The van der Waals surface area contributed by atoms with E-state index in [0.717, 1.165) is 32.5 Å². The van der Waals surface area contributed by atoms with Crippen molar-refractivity contribution in [1.82, 2.24) is 10.2 Å². The standard InChI is InChI=1S/C14H28N2O2/c1-14(2,12-7-5-8-15-11-12)13(17)16(3)9-6-10-18-4/h12,15H,5-11H2,1-4H3. The van der Waals surface area contributed by atoms with Gasteiger partial charge in [-0.15, -0.1) is 0 Å². The van der Waals surface area contributed by atoms with Crippen LogP contribution in [-0.4, -0.2) is 51.2 Å². The molecule has 4 heteroatoms. The van der Waals surface area contributed by atoms with Crippen LogP contribution in [0.4, 0.5) is 0 Å². The summed E-state index contributed by atoms with van der Waals surface area (Å²) in [5, 5.41) is 3.40. The number of carbonyl (C=O) groups is 1. The normalized spacial score (nSPS) is 20.8. The molecule has 1 rings (SSSR count). The Bertz CT molecular complexity index is 261. The van der Waals surface area contributed by atoms with E-state index in [9.17, 15) is 4.79 Å². The Hall–Kier alpha value is -0.610. The molecular weight excluding hydrogens is 228 g/mol. The molecule has 1 fully saturated rings. The van der Waals surface area contributed by atoms with Crippen molar-refractivity contribution in [1.29, 1.82) is 0 Å². The molecule has 0 aromatic heterocycles. The molecule has 0 bridgehead atoms. The largest absolute Gasteiger partial charge is 0.385 e. The molecule has 1 saturated heterocycles. The fourth-order valence-corrected chi connectivity index (χ4v) is 2.68. The minimum Gasteiger partial charge on any atom is -0.385 e. The molecule has 1 aliphatic heterocycles. The first kappa shape index (κ1) is 15.4. The van der Waals surface area contributed by atoms with Crippen molar-refractivity contribution in [2.75, 3.05) is 40.4 Å². The Balaban J connectivity index is 2.51. The van der Waals surface area contributed by atoms with Crippen LogP contribution in [0.3, 0.4) is 0 Å². The lowest BCUT2D eigenvalue weighted by Gasteiger charge is -2.38. The minimum atomic E-state index is -0.269. The molecular formula is C14H28N2O2. The lowest BCUT2D eigenvalue weighted by Crippen LogP contribution is -2.48. The summed E-state index contributed by atoms with van der Waals surface area (Å²) in [7, 11) is 3.59. The number of ether oxygens (including phenoxy) is 1. The third-order valence-corrected chi connectivity index (χ3v) is 4.06. The quantitative estimate of drug-likeness (QED) is 0.732. The molecule has 1 amide bonds. The van der Waals surface area contributed by atoms with Crippen molar-refractivity contribution >= 4 is 5.91 Å². The van der Waals surface area contributed by atoms with Gasteiger partial charge in [-0.05, 0) is 38.3 Å². The van der Waals surface area contributed by atoms with Gasteiger partial charge < -0.3 is 15.0 Å². The van der Waals surface area contributed by atoms with Crippen molar-refractivity contribution < 1.29 is 9.53 Å². The second-order valence-corrected chi connectivity index (χ2v) is 5.84. The van der Waals surface area contributed by atoms with Gasteiger partial charge in [0.1, 0.15) is 0 Å². The van der Waals surface area contributed by atoms with Crippen LogP contribution in [0.1, 0.15) is 33.1 Å². The summed E-state index contributed by atoms with van der Waals surface area (Å²) in [6, 6.07) is 0. The van der Waals surface area contributed by atoms with Gasteiger partial charge in [0.25, 0.3) is 0 Å². The zero-order chi connectivity index (χ0) is 13.6. The molecule has 0 spiro atoms. The van der Waals surface area contributed by atoms with E-state index in [2.05, 4.69) is 19.2 Å². The zero-order valence-corrected chi connectivity index (χ0v) is 12.3. The van der Waals surface area contributed by atoms with Gasteiger partial charge in [0, 0.05) is 32.7 Å². The first-order valence-electron chi connectivity index (χ1n) is 6.95. The molecule has 1 aliphatic rings. The van der Waals surface area contributed by atoms with Crippen LogP contribution in [0.5, 0.6) is 0 Å². The number of hydrogen-bond donors (Lipinski definition) is 1. The molecule has 1 atom stereocenters. The number of nitrogens with zero attached hydrogens (tertiary/aromatic N) is 1. The van der Waals surface area contributed by atoms with Crippen LogP contribution in [0.15, 0.2) is 0 Å². The molecule has 1 unspecified atom stereocenters. The Morgan fingerprint density at radius 2 is 2.22 bits per heavy atom. The predicted octanol–water partition coefficient (Wildman–Crippen LogP) is 1.51. The Morgan fingerprint density at radius 1 is 1.50 bits per heavy atom. The van der Waals surface area contributed by atoms with Crippen molar-refractivity contribution in [3.63, 3.8) is 0 Å². The predicted molar refractivity (Wildman–Crippen MR) is 73.5 cm³/mol. The molecule has 18 heavy (non-hydrogen) atoms. The van der Waals surface area contributed by atoms with E-state index in [4.69, 9.17) is 4.74 Å². The molecule has 1 N–H and O–H groups in total. The minimum absolute atomic E-state index is 0.257. The van der Waals surface area contributed by atoms with Gasteiger partial charge in [0.2, 0.25) is 5.91 Å². The maximum Gasteiger partial charge on any atom is 0.228 e. The Morgan fingerprint density at radius 3 is 2.78 bits per heavy atom. The summed E-state index contributed by atoms with van der Waals surface area (Å²) < 4.78 is 5.03. The lowest BCUT2D eigenvalue weighted by molar-refractivity contribution is -0.142. The number of amides is 1. The van der Waals surface area contributed by atoms with Crippen molar-refractivity contribution in [3.8, 4) is 0 Å². The molecule has 0 radical (unpaired) electrons. The van der Waals surface area contributed by atoms with Gasteiger partial charge in [-0.3, -0.25) is 4.79 Å². The molecule has 0 saturated carbocycles. The highest BCUT2D eigenvalue weighted by Gasteiger charge is 2.38. The number of carbonyl (C=O) groups excluding carboxylic acids is 1. The SMILES string of the molecule is COCCCN(C)C(=O)C(C)(C)C1CCCNC1. The van der Waals surface area contributed by atoms with Crippen LogP contribution in [0.25, 0.3) is 0 Å². The summed E-state index contributed by atoms with van der Waals surface area (Å²) in [6.07, 6.45) is 3.23. The first-order chi connectivity index (χ1) is 8.50. The second-order valence-electron chi connectivity index (χ2n) is 5.84. The number of rotatable bonds is 6. The topological polar surface area (TPSA) is 41.6 Å². The van der Waals surface area contributed by atoms with Gasteiger partial charge in [0.15, 0.2) is 0 Å². The smallest absolute Gasteiger partial charge is 0.228 e. The first-order valence-corrected chi connectivity index (χ1v) is 6.95. The van der Waals surface area contributed by atoms with E-state index in [0.29, 0.717) is 12.5 Å². The maximum atomic E-state index is 12.5. The third kappa shape index (κ3) is 3.95. The van der Waals surface area contributed by atoms with Gasteiger partial charge in [0.05, 0.1) is 0 Å². The summed E-state index contributed by atoms with van der Waals surface area (Å²) in [5.74, 6) is 0.705. The van der Waals surface area contributed by atoms with Gasteiger partial charge >= 0.3 is 0 Å². The molecule has 4 nitrogen and oxygen atoms in total. The summed E-state index contributed by atoms with van der Waals surface area (Å²) in [5.41, 5.74) is -0.269. The maximum absolute atomic E-state index is 12.5. The molecule has 0 aromatic carbocycles. The monoisotopic (exact) mass is 256 g/mol. The fourth-order valence-electron chi connectivity index (χ4n) is 2.68. The average Bonchev–Trinajstić information content (AvgIpc) is 2.39. The summed E-state index contributed by atoms with van der Waals surface area (Å²) >= 11 is 0. The van der Waals surface area contributed by atoms with Crippen LogP contribution < -0.4 is 5.32 Å². The number of piperidine rings is 1. The second kappa shape index (κ2) is 7.10. The van der Waals surface area contributed by atoms with Gasteiger partial charge in [-0.1, -0.05) is 13.8 Å². The highest BCUT2D eigenvalue weighted by Crippen LogP contribution is 2.33. The Kier molecular flexibility index (Phi) is 6.09. The summed E-state index contributed by atoms with van der Waals surface area (Å²) in [4.78, 5) is 14.4. The number of nitrogens with one attached hydrogen (secondary N) is 1. The Labute approximate surface area is 111 Å². The summed E-state index contributed by atoms with van der Waals surface area (Å²) in [6.45, 7) is 7.70. The number of hydrogen-bond acceptors (Lipinski definition) is 3. The van der Waals surface area contributed by atoms with E-state index in [1.165, 1.54) is 6.42 Å². The van der Waals surface area contributed by atoms with E-state index < -0.39 is 0 Å². The van der Waals surface area contributed by atoms with E-state index >= 15 is 0 Å². The number of methoxy groups -OCH3 is 1. The zero-order valence-electron chi connectivity index (χ0n) is 12.3. The van der Waals surface area contributed by atoms with E-state index in [-0.39, 0.29) is 11.3 Å². The molecule has 106 valence electrons. The fraction of sp³-hybridized carbons (Fsp3) is 0.929. The van der Waals surface area contributed by atoms with Crippen LogP contribution in [0, 0.1) is 11.3 Å². The average molecular weight is 256 g/mol. The van der Waals surface area contributed by atoms with Crippen LogP contribution in [0.2, 0.25) is 0 Å². The van der Waals surface area contributed by atoms with E-state index in [1.807, 2.05) is 11.9 Å². The molecule has 1 heterocycles. The molecule has 0 aliphatic carbocycles. The van der Waals surface area contributed by atoms with Gasteiger partial charge in [-0.25, -0.2) is 0 Å². The van der Waals surface area contributed by atoms with E-state index in [1.54, 1.807) is 7.11 Å². The third-order valence-electron chi connectivity index (χ3n) is 4.06. The molecule has 0 aromatic rings. The van der Waals surface area contributed by atoms with Crippen molar-refractivity contribution in [3.05, 3.63) is 0 Å².